The molecule has 7 heteroatoms. The monoisotopic (exact) mass is 309 g/mol. The van der Waals surface area contributed by atoms with Gasteiger partial charge in [-0.3, -0.25) is 4.57 Å². The third kappa shape index (κ3) is 2.54. The predicted octanol–water partition coefficient (Wildman–Crippen LogP) is 1.29. The summed E-state index contributed by atoms with van der Waals surface area (Å²) in [4.78, 5) is -0.00268. The maximum atomic E-state index is 10.3. The van der Waals surface area contributed by atoms with Crippen LogP contribution in [0.4, 0.5) is 0 Å². The van der Waals surface area contributed by atoms with E-state index in [0.717, 1.165) is 5.56 Å². The van der Waals surface area contributed by atoms with Gasteiger partial charge in [-0.25, -0.2) is 0 Å². The maximum absolute atomic E-state index is 10.3. The first-order valence-electron chi connectivity index (χ1n) is 6.49. The Morgan fingerprint density at radius 1 is 1.19 bits per heavy atom. The quantitative estimate of drug-likeness (QED) is 0.741. The highest BCUT2D eigenvalue weighted by atomic mass is 32.1. The van der Waals surface area contributed by atoms with Crippen molar-refractivity contribution in [2.75, 3.05) is 0 Å². The summed E-state index contributed by atoms with van der Waals surface area (Å²) < 4.78 is 11.8. The molecule has 1 unspecified atom stereocenters. The first kappa shape index (κ1) is 14.4. The molecule has 0 radical (unpaired) electrons. The molecule has 1 aromatic heterocycles. The van der Waals surface area contributed by atoms with Crippen molar-refractivity contribution in [2.24, 2.45) is 0 Å². The maximum Gasteiger partial charge on any atom is 0.271 e. The zero-order chi connectivity index (χ0) is 15.0. The molecule has 4 atom stereocenters. The second kappa shape index (κ2) is 5.70. The van der Waals surface area contributed by atoms with Crippen molar-refractivity contribution in [3.05, 3.63) is 52.7 Å². The molecular formula is C14H15NO5S. The number of hydrogen-bond donors (Lipinski definition) is 3. The molecule has 0 bridgehead atoms. The molecule has 0 fully saturated rings. The van der Waals surface area contributed by atoms with E-state index in [1.165, 1.54) is 10.8 Å². The second-order valence-corrected chi connectivity index (χ2v) is 5.26. The molecule has 3 N–H and O–H groups in total. The lowest BCUT2D eigenvalue weighted by atomic mass is 9.99. The summed E-state index contributed by atoms with van der Waals surface area (Å²) >= 11 is 4.91. The highest BCUT2D eigenvalue weighted by Gasteiger charge is 2.42. The fraction of sp³-hybridized carbons (Fsp3) is 0.357. The van der Waals surface area contributed by atoms with Crippen LogP contribution in [0.5, 0.6) is 0 Å². The van der Waals surface area contributed by atoms with Crippen LogP contribution in [0.25, 0.3) is 0 Å². The van der Waals surface area contributed by atoms with Crippen LogP contribution >= 0.6 is 12.2 Å². The molecule has 1 aliphatic heterocycles. The number of aliphatic hydroxyl groups is 3. The van der Waals surface area contributed by atoms with Gasteiger partial charge in [-0.05, 0) is 17.8 Å². The number of nitrogens with zero attached hydrogens (tertiary/aromatic N) is 1. The van der Waals surface area contributed by atoms with Gasteiger partial charge in [0.05, 0.1) is 12.3 Å². The van der Waals surface area contributed by atoms with Gasteiger partial charge in [-0.2, -0.15) is 0 Å². The molecule has 112 valence electrons. The molecule has 0 amide bonds. The Hall–Kier alpha value is -1.51. The average molecular weight is 309 g/mol. The van der Waals surface area contributed by atoms with E-state index < -0.39 is 24.5 Å². The van der Waals surface area contributed by atoms with Crippen molar-refractivity contribution < 1.29 is 24.5 Å². The van der Waals surface area contributed by atoms with Gasteiger partial charge in [0, 0.05) is 0 Å². The number of oxazole rings is 1. The summed E-state index contributed by atoms with van der Waals surface area (Å²) in [6, 6.07) is 9.37. The lowest BCUT2D eigenvalue weighted by Gasteiger charge is -2.36. The molecule has 2 aromatic rings. The minimum absolute atomic E-state index is 0.00268. The fourth-order valence-corrected chi connectivity index (χ4v) is 2.70. The van der Waals surface area contributed by atoms with Crippen molar-refractivity contribution in [3.8, 4) is 0 Å². The highest BCUT2D eigenvalue weighted by Crippen LogP contribution is 2.34. The van der Waals surface area contributed by atoms with Crippen LogP contribution in [-0.2, 0) is 11.3 Å². The third-order valence-electron chi connectivity index (χ3n) is 3.56. The van der Waals surface area contributed by atoms with Crippen LogP contribution in [0.2, 0.25) is 0 Å². The van der Waals surface area contributed by atoms with Crippen molar-refractivity contribution in [2.45, 2.75) is 31.1 Å². The normalized spacial score (nSPS) is 28.3. The van der Waals surface area contributed by atoms with Gasteiger partial charge in [-0.15, -0.1) is 0 Å². The summed E-state index contributed by atoms with van der Waals surface area (Å²) in [6.07, 6.45) is -3.45. The van der Waals surface area contributed by atoms with Crippen LogP contribution in [0, 0.1) is 4.84 Å². The summed E-state index contributed by atoms with van der Waals surface area (Å²) in [6.45, 7) is 0.213. The van der Waals surface area contributed by atoms with E-state index in [0.29, 0.717) is 0 Å². The van der Waals surface area contributed by atoms with E-state index in [4.69, 9.17) is 21.4 Å². The highest BCUT2D eigenvalue weighted by molar-refractivity contribution is 7.71. The molecule has 21 heavy (non-hydrogen) atoms. The van der Waals surface area contributed by atoms with Gasteiger partial charge in [0.25, 0.3) is 4.84 Å². The van der Waals surface area contributed by atoms with Gasteiger partial charge in [0.1, 0.15) is 24.6 Å². The molecule has 1 aliphatic rings. The van der Waals surface area contributed by atoms with Crippen LogP contribution in [0.3, 0.4) is 0 Å². The predicted molar refractivity (Wildman–Crippen MR) is 74.8 cm³/mol. The number of hydrogen-bond acceptors (Lipinski definition) is 6. The zero-order valence-corrected chi connectivity index (χ0v) is 11.8. The van der Waals surface area contributed by atoms with Gasteiger partial charge < -0.3 is 24.5 Å². The van der Waals surface area contributed by atoms with Crippen LogP contribution in [-0.4, -0.2) is 32.1 Å². The van der Waals surface area contributed by atoms with E-state index in [-0.39, 0.29) is 17.1 Å². The Kier molecular flexibility index (Phi) is 3.92. The second-order valence-electron chi connectivity index (χ2n) is 4.91. The third-order valence-corrected chi connectivity index (χ3v) is 3.85. The van der Waals surface area contributed by atoms with E-state index in [1.54, 1.807) is 0 Å². The molecule has 1 aromatic carbocycles. The molecule has 0 saturated heterocycles. The van der Waals surface area contributed by atoms with Gasteiger partial charge >= 0.3 is 0 Å². The van der Waals surface area contributed by atoms with E-state index in [1.807, 2.05) is 30.3 Å². The Morgan fingerprint density at radius 3 is 2.62 bits per heavy atom. The molecule has 0 saturated carbocycles. The lowest BCUT2D eigenvalue weighted by molar-refractivity contribution is -0.177. The SMILES string of the molecule is OC1[C@H](O)[C@H](OCc2ccccc2)[C@H](O)c2coc(=S)n21. The number of fused-ring (bicyclic) bond motifs is 1. The van der Waals surface area contributed by atoms with Crippen molar-refractivity contribution in [3.63, 3.8) is 0 Å². The van der Waals surface area contributed by atoms with Crippen LogP contribution in [0.15, 0.2) is 41.0 Å². The molecule has 0 aliphatic carbocycles. The smallest absolute Gasteiger partial charge is 0.271 e. The largest absolute Gasteiger partial charge is 0.437 e. The topological polar surface area (TPSA) is 88.0 Å². The zero-order valence-electron chi connectivity index (χ0n) is 11.0. The summed E-state index contributed by atoms with van der Waals surface area (Å²) in [5.74, 6) is 0. The number of aromatic nitrogens is 1. The number of rotatable bonds is 3. The standard InChI is InChI=1S/C14H15NO5S/c16-10-9-7-20-14(21)15(9)13(18)11(17)12(10)19-6-8-4-2-1-3-5-8/h1-5,7,10-13,16-18H,6H2/t10-,11-,12-,13?/m1/s1. The number of ether oxygens (including phenoxy) is 1. The van der Waals surface area contributed by atoms with Crippen LogP contribution < -0.4 is 0 Å². The van der Waals surface area contributed by atoms with Crippen molar-refractivity contribution in [1.82, 2.24) is 4.57 Å². The van der Waals surface area contributed by atoms with E-state index >= 15 is 0 Å². The van der Waals surface area contributed by atoms with E-state index in [9.17, 15) is 15.3 Å². The van der Waals surface area contributed by atoms with Crippen LogP contribution in [0.1, 0.15) is 23.6 Å². The average Bonchev–Trinajstić information content (AvgIpc) is 2.88. The van der Waals surface area contributed by atoms with Crippen molar-refractivity contribution >= 4 is 12.2 Å². The first-order chi connectivity index (χ1) is 10.1. The molecule has 3 rings (SSSR count). The number of aliphatic hydroxyl groups excluding tert-OH is 3. The Labute approximate surface area is 125 Å². The molecule has 6 nitrogen and oxygen atoms in total. The number of benzene rings is 1. The van der Waals surface area contributed by atoms with Gasteiger partial charge in [0.2, 0.25) is 0 Å². The lowest BCUT2D eigenvalue weighted by Crippen LogP contribution is -2.46. The minimum Gasteiger partial charge on any atom is -0.437 e. The van der Waals surface area contributed by atoms with Gasteiger partial charge in [-0.1, -0.05) is 30.3 Å². The van der Waals surface area contributed by atoms with Crippen molar-refractivity contribution in [1.29, 1.82) is 0 Å². The Morgan fingerprint density at radius 2 is 1.90 bits per heavy atom. The van der Waals surface area contributed by atoms with Gasteiger partial charge in [0.15, 0.2) is 6.23 Å². The molecular weight excluding hydrogens is 294 g/mol. The fourth-order valence-electron chi connectivity index (χ4n) is 2.44. The minimum atomic E-state index is -1.31. The summed E-state index contributed by atoms with van der Waals surface area (Å²) in [5.41, 5.74) is 1.19. The summed E-state index contributed by atoms with van der Waals surface area (Å²) in [7, 11) is 0. The first-order valence-corrected chi connectivity index (χ1v) is 6.90. The Balaban J connectivity index is 1.82. The Bertz CT molecular complexity index is 668. The molecule has 2 heterocycles. The van der Waals surface area contributed by atoms with E-state index in [2.05, 4.69) is 0 Å². The molecule has 0 spiro atoms. The summed E-state index contributed by atoms with van der Waals surface area (Å²) in [5, 5.41) is 30.5.